The molecule has 8 heteroatoms. The molecule has 2 heterocycles. The second kappa shape index (κ2) is 10.8. The Hall–Kier alpha value is -3.55. The van der Waals surface area contributed by atoms with Crippen LogP contribution in [0.25, 0.3) is 11.1 Å². The van der Waals surface area contributed by atoms with Crippen molar-refractivity contribution in [1.29, 1.82) is 0 Å². The third-order valence-electron chi connectivity index (χ3n) is 6.05. The molecule has 1 aromatic heterocycles. The maximum atomic E-state index is 13.4. The summed E-state index contributed by atoms with van der Waals surface area (Å²) in [4.78, 5) is 30.1. The van der Waals surface area contributed by atoms with Crippen LogP contribution in [-0.2, 0) is 22.6 Å². The van der Waals surface area contributed by atoms with E-state index in [9.17, 15) is 9.59 Å². The fraction of sp³-hybridized carbons (Fsp3) is 0.400. The van der Waals surface area contributed by atoms with Crippen LogP contribution >= 0.6 is 0 Å². The molecule has 4 rings (SSSR count). The number of aryl methyl sites for hydroxylation is 1. The van der Waals surface area contributed by atoms with Crippen molar-refractivity contribution in [2.24, 2.45) is 5.92 Å². The van der Waals surface area contributed by atoms with Crippen molar-refractivity contribution in [1.82, 2.24) is 30.0 Å². The van der Waals surface area contributed by atoms with Crippen LogP contribution in [0.4, 0.5) is 0 Å². The minimum atomic E-state index is -0.262. The van der Waals surface area contributed by atoms with Crippen LogP contribution in [0.2, 0.25) is 0 Å². The molecule has 33 heavy (non-hydrogen) atoms. The Balaban J connectivity index is 1.50. The normalized spacial score (nSPS) is 16.6. The zero-order chi connectivity index (χ0) is 23.0. The van der Waals surface area contributed by atoms with Gasteiger partial charge in [0, 0.05) is 32.6 Å². The maximum absolute atomic E-state index is 13.4. The Bertz CT molecular complexity index is 1050. The lowest BCUT2D eigenvalue weighted by Crippen LogP contribution is -2.38. The van der Waals surface area contributed by atoms with Crippen molar-refractivity contribution in [3.63, 3.8) is 0 Å². The number of rotatable bonds is 8. The zero-order valence-electron chi connectivity index (χ0n) is 19.0. The molecule has 1 aliphatic heterocycles. The fourth-order valence-corrected chi connectivity index (χ4v) is 4.36. The molecule has 0 saturated carbocycles. The van der Waals surface area contributed by atoms with Gasteiger partial charge in [-0.3, -0.25) is 9.59 Å². The van der Waals surface area contributed by atoms with Gasteiger partial charge in [-0.25, -0.2) is 4.68 Å². The molecule has 0 unspecified atom stereocenters. The summed E-state index contributed by atoms with van der Waals surface area (Å²) in [6.45, 7) is 4.78. The summed E-state index contributed by atoms with van der Waals surface area (Å²) in [5.74, 6) is -0.0977. The van der Waals surface area contributed by atoms with Crippen molar-refractivity contribution < 1.29 is 9.59 Å². The van der Waals surface area contributed by atoms with Gasteiger partial charge in [0.25, 0.3) is 0 Å². The predicted octanol–water partition coefficient (Wildman–Crippen LogP) is 2.67. The first-order chi connectivity index (χ1) is 16.1. The summed E-state index contributed by atoms with van der Waals surface area (Å²) in [5.41, 5.74) is 3.39. The van der Waals surface area contributed by atoms with Gasteiger partial charge >= 0.3 is 0 Å². The Morgan fingerprint density at radius 2 is 1.85 bits per heavy atom. The maximum Gasteiger partial charge on any atom is 0.227 e. The summed E-state index contributed by atoms with van der Waals surface area (Å²) < 4.78 is 1.55. The van der Waals surface area contributed by atoms with Crippen molar-refractivity contribution in [2.45, 2.75) is 32.7 Å². The van der Waals surface area contributed by atoms with E-state index in [2.05, 4.69) is 52.8 Å². The van der Waals surface area contributed by atoms with E-state index in [1.807, 2.05) is 34.1 Å². The smallest absolute Gasteiger partial charge is 0.227 e. The first-order valence-corrected chi connectivity index (χ1v) is 11.6. The number of carbonyl (C=O) groups excluding carboxylic acids is 2. The Kier molecular flexibility index (Phi) is 7.44. The largest absolute Gasteiger partial charge is 0.341 e. The standard InChI is InChI=1S/C25H30N6O2/c1-2-12-29-14-15-30(24(32)11-13-31-19-26-27-28-31)18-23(25(29)33)17-20-7-6-10-22(16-20)21-8-4-3-5-9-21/h3-10,16,19,23H,2,11-15,17-18H2,1H3/t23-/m1/s1. The molecule has 1 saturated heterocycles. The topological polar surface area (TPSA) is 84.2 Å². The number of hydrogen-bond donors (Lipinski definition) is 0. The fourth-order valence-electron chi connectivity index (χ4n) is 4.36. The number of nitrogens with zero attached hydrogens (tertiary/aromatic N) is 6. The van der Waals surface area contributed by atoms with Crippen molar-refractivity contribution >= 4 is 11.8 Å². The van der Waals surface area contributed by atoms with Crippen LogP contribution in [0.3, 0.4) is 0 Å². The molecular formula is C25H30N6O2. The zero-order valence-corrected chi connectivity index (χ0v) is 19.0. The van der Waals surface area contributed by atoms with E-state index in [-0.39, 0.29) is 17.7 Å². The van der Waals surface area contributed by atoms with Crippen molar-refractivity contribution in [3.05, 3.63) is 66.5 Å². The van der Waals surface area contributed by atoms with Gasteiger partial charge in [-0.1, -0.05) is 61.5 Å². The molecule has 8 nitrogen and oxygen atoms in total. The minimum absolute atomic E-state index is 0.0275. The van der Waals surface area contributed by atoms with E-state index in [0.29, 0.717) is 45.6 Å². The molecule has 0 spiro atoms. The Morgan fingerprint density at radius 3 is 2.61 bits per heavy atom. The van der Waals surface area contributed by atoms with Gasteiger partial charge in [-0.15, -0.1) is 5.10 Å². The average Bonchev–Trinajstić information content (AvgIpc) is 3.32. The first kappa shape index (κ1) is 22.6. The molecule has 0 radical (unpaired) electrons. The third-order valence-corrected chi connectivity index (χ3v) is 6.05. The highest BCUT2D eigenvalue weighted by molar-refractivity contribution is 5.82. The molecule has 0 aliphatic carbocycles. The van der Waals surface area contributed by atoms with Gasteiger partial charge in [-0.05, 0) is 40.0 Å². The van der Waals surface area contributed by atoms with E-state index < -0.39 is 0 Å². The van der Waals surface area contributed by atoms with Gasteiger partial charge in [0.05, 0.1) is 12.5 Å². The molecule has 172 valence electrons. The van der Waals surface area contributed by atoms with E-state index in [4.69, 9.17) is 0 Å². The van der Waals surface area contributed by atoms with Crippen molar-refractivity contribution in [2.75, 3.05) is 26.2 Å². The average molecular weight is 447 g/mol. The van der Waals surface area contributed by atoms with Crippen LogP contribution in [-0.4, -0.2) is 68.0 Å². The summed E-state index contributed by atoms with van der Waals surface area (Å²) in [7, 11) is 0. The molecule has 1 aliphatic rings. The Morgan fingerprint density at radius 1 is 1.03 bits per heavy atom. The summed E-state index contributed by atoms with van der Waals surface area (Å²) in [6, 6.07) is 18.6. The van der Waals surface area contributed by atoms with Gasteiger partial charge in [0.1, 0.15) is 6.33 Å². The van der Waals surface area contributed by atoms with E-state index in [1.54, 1.807) is 4.68 Å². The lowest BCUT2D eigenvalue weighted by molar-refractivity contribution is -0.135. The summed E-state index contributed by atoms with van der Waals surface area (Å²) >= 11 is 0. The van der Waals surface area contributed by atoms with Gasteiger partial charge in [-0.2, -0.15) is 0 Å². The van der Waals surface area contributed by atoms with E-state index in [0.717, 1.165) is 23.1 Å². The molecular weight excluding hydrogens is 416 g/mol. The molecule has 0 N–H and O–H groups in total. The molecule has 3 aromatic rings. The highest BCUT2D eigenvalue weighted by Crippen LogP contribution is 2.23. The van der Waals surface area contributed by atoms with E-state index >= 15 is 0 Å². The third kappa shape index (κ3) is 5.83. The van der Waals surface area contributed by atoms with Gasteiger partial charge in [0.15, 0.2) is 0 Å². The lowest BCUT2D eigenvalue weighted by atomic mass is 9.94. The van der Waals surface area contributed by atoms with Gasteiger partial charge < -0.3 is 9.80 Å². The highest BCUT2D eigenvalue weighted by Gasteiger charge is 2.32. The number of benzene rings is 2. The predicted molar refractivity (Wildman–Crippen MR) is 125 cm³/mol. The number of amides is 2. The van der Waals surface area contributed by atoms with Crippen LogP contribution in [0.5, 0.6) is 0 Å². The molecule has 1 fully saturated rings. The monoisotopic (exact) mass is 446 g/mol. The van der Waals surface area contributed by atoms with Crippen LogP contribution < -0.4 is 0 Å². The molecule has 0 bridgehead atoms. The van der Waals surface area contributed by atoms with Crippen LogP contribution in [0, 0.1) is 5.92 Å². The van der Waals surface area contributed by atoms with Crippen LogP contribution in [0.15, 0.2) is 60.9 Å². The molecule has 2 amide bonds. The molecule has 2 aromatic carbocycles. The number of aromatic nitrogens is 4. The van der Waals surface area contributed by atoms with E-state index in [1.165, 1.54) is 6.33 Å². The lowest BCUT2D eigenvalue weighted by Gasteiger charge is -2.24. The SMILES string of the molecule is CCCN1CCN(C(=O)CCn2cnnn2)C[C@@H](Cc2cccc(-c3ccccc3)c2)C1=O. The highest BCUT2D eigenvalue weighted by atomic mass is 16.2. The number of hydrogen-bond acceptors (Lipinski definition) is 5. The number of tetrazole rings is 1. The Labute approximate surface area is 194 Å². The van der Waals surface area contributed by atoms with Crippen molar-refractivity contribution in [3.8, 4) is 11.1 Å². The first-order valence-electron chi connectivity index (χ1n) is 11.6. The van der Waals surface area contributed by atoms with Crippen LogP contribution in [0.1, 0.15) is 25.3 Å². The second-order valence-corrected chi connectivity index (χ2v) is 8.46. The summed E-state index contributed by atoms with van der Waals surface area (Å²) in [6.07, 6.45) is 3.32. The molecule has 1 atom stereocenters. The van der Waals surface area contributed by atoms with Gasteiger partial charge in [0.2, 0.25) is 11.8 Å². The quantitative estimate of drug-likeness (QED) is 0.531. The minimum Gasteiger partial charge on any atom is -0.341 e. The number of carbonyl (C=O) groups is 2. The summed E-state index contributed by atoms with van der Waals surface area (Å²) in [5, 5.41) is 11.1. The second-order valence-electron chi connectivity index (χ2n) is 8.46.